The number of nitrogens with one attached hydrogen (secondary N) is 2. The molecule has 0 spiro atoms. The molecule has 1 aliphatic rings. The highest BCUT2D eigenvalue weighted by molar-refractivity contribution is 9.10. The Bertz CT molecular complexity index is 401. The average Bonchev–Trinajstić information content (AvgIpc) is 2.00. The van der Waals surface area contributed by atoms with E-state index in [2.05, 4.69) is 26.6 Å². The summed E-state index contributed by atoms with van der Waals surface area (Å²) in [6.07, 6.45) is 0. The fourth-order valence-corrected chi connectivity index (χ4v) is 2.63. The molecule has 0 aliphatic carbocycles. The van der Waals surface area contributed by atoms with Gasteiger partial charge in [0, 0.05) is 15.7 Å². The molecule has 14 heavy (non-hydrogen) atoms. The van der Waals surface area contributed by atoms with Gasteiger partial charge in [-0.3, -0.25) is 0 Å². The molecule has 2 amide bonds. The van der Waals surface area contributed by atoms with Crippen LogP contribution >= 0.6 is 15.9 Å². The Morgan fingerprint density at radius 2 is 2.07 bits per heavy atom. The molecule has 2 N–H and O–H groups in total. The minimum Gasteiger partial charge on any atom is -0.329 e. The fraction of sp³-hybridized carbons (Fsp3) is 0.300. The zero-order valence-electron chi connectivity index (χ0n) is 8.02. The molecule has 0 saturated carbocycles. The standard InChI is InChI=1S/C10H11BrN2O/c1-10(2)8-6(11)4-3-5-7(8)12-9(14)13-10/h3-5H,1-2H3,(H2,12,13,14). The third-order valence-corrected chi connectivity index (χ3v) is 2.97. The second-order valence-corrected chi connectivity index (χ2v) is 4.72. The third-order valence-electron chi connectivity index (χ3n) is 2.31. The molecule has 4 heteroatoms. The van der Waals surface area contributed by atoms with E-state index in [1.54, 1.807) is 0 Å². The lowest BCUT2D eigenvalue weighted by Crippen LogP contribution is -2.48. The molecule has 1 aromatic carbocycles. The van der Waals surface area contributed by atoms with Gasteiger partial charge in [-0.25, -0.2) is 4.79 Å². The summed E-state index contributed by atoms with van der Waals surface area (Å²) in [5, 5.41) is 5.65. The fourth-order valence-electron chi connectivity index (χ4n) is 1.76. The third kappa shape index (κ3) is 1.39. The first kappa shape index (κ1) is 9.52. The highest BCUT2D eigenvalue weighted by atomic mass is 79.9. The average molecular weight is 255 g/mol. The monoisotopic (exact) mass is 254 g/mol. The van der Waals surface area contributed by atoms with E-state index in [1.165, 1.54) is 0 Å². The molecule has 0 fully saturated rings. The first-order valence-electron chi connectivity index (χ1n) is 4.39. The molecule has 0 aromatic heterocycles. The molecule has 2 rings (SSSR count). The van der Waals surface area contributed by atoms with Crippen LogP contribution in [0, 0.1) is 0 Å². The number of carbonyl (C=O) groups excluding carboxylic acids is 1. The van der Waals surface area contributed by atoms with Crippen molar-refractivity contribution in [2.45, 2.75) is 19.4 Å². The predicted octanol–water partition coefficient (Wildman–Crippen LogP) is 2.82. The van der Waals surface area contributed by atoms with Gasteiger partial charge in [-0.15, -0.1) is 0 Å². The van der Waals surface area contributed by atoms with Gasteiger partial charge >= 0.3 is 6.03 Å². The van der Waals surface area contributed by atoms with Crippen LogP contribution in [0.15, 0.2) is 22.7 Å². The van der Waals surface area contributed by atoms with E-state index in [1.807, 2.05) is 32.0 Å². The Labute approximate surface area is 91.0 Å². The van der Waals surface area contributed by atoms with E-state index in [0.717, 1.165) is 15.7 Å². The van der Waals surface area contributed by atoms with Crippen LogP contribution in [-0.2, 0) is 5.54 Å². The summed E-state index contributed by atoms with van der Waals surface area (Å²) in [4.78, 5) is 11.3. The quantitative estimate of drug-likeness (QED) is 0.735. The Kier molecular flexibility index (Phi) is 2.03. The second-order valence-electron chi connectivity index (χ2n) is 3.87. The van der Waals surface area contributed by atoms with Crippen molar-refractivity contribution in [3.8, 4) is 0 Å². The topological polar surface area (TPSA) is 41.1 Å². The molecule has 74 valence electrons. The van der Waals surface area contributed by atoms with Gasteiger partial charge in [-0.1, -0.05) is 22.0 Å². The Morgan fingerprint density at radius 3 is 2.79 bits per heavy atom. The van der Waals surface area contributed by atoms with Gasteiger partial charge in [-0.2, -0.15) is 0 Å². The van der Waals surface area contributed by atoms with Gasteiger partial charge in [0.15, 0.2) is 0 Å². The zero-order chi connectivity index (χ0) is 10.3. The van der Waals surface area contributed by atoms with Crippen LogP contribution in [0.4, 0.5) is 10.5 Å². The van der Waals surface area contributed by atoms with Gasteiger partial charge in [0.05, 0.1) is 5.54 Å². The summed E-state index contributed by atoms with van der Waals surface area (Å²) in [6.45, 7) is 3.96. The number of rotatable bonds is 0. The molecular weight excluding hydrogens is 244 g/mol. The van der Waals surface area contributed by atoms with Crippen LogP contribution in [0.2, 0.25) is 0 Å². The maximum atomic E-state index is 11.3. The number of hydrogen-bond acceptors (Lipinski definition) is 1. The van der Waals surface area contributed by atoms with E-state index >= 15 is 0 Å². The molecule has 0 bridgehead atoms. The van der Waals surface area contributed by atoms with Crippen LogP contribution in [-0.4, -0.2) is 6.03 Å². The molecule has 0 radical (unpaired) electrons. The van der Waals surface area contributed by atoms with Crippen molar-refractivity contribution < 1.29 is 4.79 Å². The highest BCUT2D eigenvalue weighted by Gasteiger charge is 2.32. The van der Waals surface area contributed by atoms with Crippen LogP contribution in [0.1, 0.15) is 19.4 Å². The van der Waals surface area contributed by atoms with Crippen LogP contribution in [0.5, 0.6) is 0 Å². The van der Waals surface area contributed by atoms with E-state index in [9.17, 15) is 4.79 Å². The van der Waals surface area contributed by atoms with Gasteiger partial charge in [0.25, 0.3) is 0 Å². The maximum Gasteiger partial charge on any atom is 0.319 e. The number of benzene rings is 1. The van der Waals surface area contributed by atoms with Crippen LogP contribution in [0.3, 0.4) is 0 Å². The molecule has 1 heterocycles. The molecule has 1 aromatic rings. The number of hydrogen-bond donors (Lipinski definition) is 2. The Morgan fingerprint density at radius 1 is 1.36 bits per heavy atom. The normalized spacial score (nSPS) is 18.1. The van der Waals surface area contributed by atoms with Crippen molar-refractivity contribution in [1.82, 2.24) is 5.32 Å². The summed E-state index contributed by atoms with van der Waals surface area (Å²) in [6, 6.07) is 5.63. The minimum atomic E-state index is -0.336. The Hall–Kier alpha value is -1.03. The number of amides is 2. The number of carbonyl (C=O) groups is 1. The number of urea groups is 1. The SMILES string of the molecule is CC1(C)NC(=O)Nc2cccc(Br)c21. The van der Waals surface area contributed by atoms with E-state index < -0.39 is 0 Å². The van der Waals surface area contributed by atoms with Crippen molar-refractivity contribution >= 4 is 27.6 Å². The van der Waals surface area contributed by atoms with E-state index in [0.29, 0.717) is 0 Å². The van der Waals surface area contributed by atoms with Crippen molar-refractivity contribution in [1.29, 1.82) is 0 Å². The minimum absolute atomic E-state index is 0.152. The largest absolute Gasteiger partial charge is 0.329 e. The van der Waals surface area contributed by atoms with Gasteiger partial charge < -0.3 is 10.6 Å². The molecule has 3 nitrogen and oxygen atoms in total. The summed E-state index contributed by atoms with van der Waals surface area (Å²) in [5.41, 5.74) is 1.62. The number of anilines is 1. The summed E-state index contributed by atoms with van der Waals surface area (Å²) in [7, 11) is 0. The molecular formula is C10H11BrN2O. The lowest BCUT2D eigenvalue weighted by molar-refractivity contribution is 0.239. The lowest BCUT2D eigenvalue weighted by atomic mass is 9.91. The van der Waals surface area contributed by atoms with Gasteiger partial charge in [0.1, 0.15) is 0 Å². The van der Waals surface area contributed by atoms with Crippen molar-refractivity contribution in [2.24, 2.45) is 0 Å². The predicted molar refractivity (Wildman–Crippen MR) is 59.3 cm³/mol. The van der Waals surface area contributed by atoms with Gasteiger partial charge in [-0.05, 0) is 26.0 Å². The maximum absolute atomic E-state index is 11.3. The Balaban J connectivity index is 2.64. The number of fused-ring (bicyclic) bond motifs is 1. The molecule has 0 unspecified atom stereocenters. The van der Waals surface area contributed by atoms with Crippen molar-refractivity contribution in [3.05, 3.63) is 28.2 Å². The second kappa shape index (κ2) is 2.98. The smallest absolute Gasteiger partial charge is 0.319 e. The highest BCUT2D eigenvalue weighted by Crippen LogP contribution is 2.36. The van der Waals surface area contributed by atoms with Crippen LogP contribution in [0.25, 0.3) is 0 Å². The number of halogens is 1. The van der Waals surface area contributed by atoms with Crippen LogP contribution < -0.4 is 10.6 Å². The van der Waals surface area contributed by atoms with E-state index in [-0.39, 0.29) is 11.6 Å². The molecule has 1 aliphatic heterocycles. The first-order valence-corrected chi connectivity index (χ1v) is 5.18. The van der Waals surface area contributed by atoms with Crippen molar-refractivity contribution in [3.63, 3.8) is 0 Å². The molecule has 0 atom stereocenters. The first-order chi connectivity index (χ1) is 6.50. The summed E-state index contributed by atoms with van der Waals surface area (Å²) in [5.74, 6) is 0. The van der Waals surface area contributed by atoms with Gasteiger partial charge in [0.2, 0.25) is 0 Å². The zero-order valence-corrected chi connectivity index (χ0v) is 9.60. The lowest BCUT2D eigenvalue weighted by Gasteiger charge is -2.34. The summed E-state index contributed by atoms with van der Waals surface area (Å²) < 4.78 is 1.01. The van der Waals surface area contributed by atoms with Crippen molar-refractivity contribution in [2.75, 3.05) is 5.32 Å². The molecule has 0 saturated heterocycles. The summed E-state index contributed by atoms with van der Waals surface area (Å²) >= 11 is 3.49. The van der Waals surface area contributed by atoms with E-state index in [4.69, 9.17) is 0 Å².